The molecule has 3 N–H and O–H groups in total. The molecule has 21 heavy (non-hydrogen) atoms. The van der Waals surface area contributed by atoms with Gasteiger partial charge in [0, 0.05) is 5.69 Å². The molecular weight excluding hydrogens is 266 g/mol. The van der Waals surface area contributed by atoms with E-state index in [4.69, 9.17) is 15.7 Å². The molecule has 0 aliphatic heterocycles. The maximum Gasteiger partial charge on any atom is 0.411 e. The second kappa shape index (κ2) is 7.09. The second-order valence-electron chi connectivity index (χ2n) is 5.67. The van der Waals surface area contributed by atoms with Crippen LogP contribution in [-0.4, -0.2) is 18.2 Å². The van der Waals surface area contributed by atoms with Gasteiger partial charge in [0.15, 0.2) is 0 Å². The van der Waals surface area contributed by atoms with Crippen LogP contribution in [0.15, 0.2) is 24.3 Å². The minimum Gasteiger partial charge on any atom is -0.447 e. The van der Waals surface area contributed by atoms with Crippen molar-refractivity contribution in [1.29, 1.82) is 5.26 Å². The minimum absolute atomic E-state index is 0.233. The summed E-state index contributed by atoms with van der Waals surface area (Å²) in [4.78, 5) is 11.8. The smallest absolute Gasteiger partial charge is 0.411 e. The Morgan fingerprint density at radius 2 is 2.05 bits per heavy atom. The molecule has 0 spiro atoms. The van der Waals surface area contributed by atoms with Crippen LogP contribution in [0.2, 0.25) is 0 Å². The van der Waals surface area contributed by atoms with Crippen molar-refractivity contribution in [2.45, 2.75) is 44.1 Å². The molecule has 0 bridgehead atoms. The highest BCUT2D eigenvalue weighted by molar-refractivity contribution is 5.84. The number of amides is 1. The summed E-state index contributed by atoms with van der Waals surface area (Å²) in [6.45, 7) is 0.233. The molecule has 0 heterocycles. The summed E-state index contributed by atoms with van der Waals surface area (Å²) in [5, 5.41) is 11.4. The van der Waals surface area contributed by atoms with Crippen LogP contribution in [0.3, 0.4) is 0 Å². The summed E-state index contributed by atoms with van der Waals surface area (Å²) in [6.07, 6.45) is 5.84. The highest BCUT2D eigenvalue weighted by Gasteiger charge is 2.27. The molecule has 112 valence electrons. The average Bonchev–Trinajstić information content (AvgIpc) is 2.71. The molecule has 1 aliphatic rings. The maximum atomic E-state index is 11.8. The van der Waals surface area contributed by atoms with Gasteiger partial charge < -0.3 is 10.5 Å². The standard InChI is InChI=1S/C16H21N3O2/c17-11-13-6-5-7-14(10-13)19-15(20)21-12-16(18)8-3-1-2-4-9-16/h5-7,10H,1-4,8-9,12,18H2,(H,19,20). The molecule has 0 aromatic heterocycles. The van der Waals surface area contributed by atoms with Crippen molar-refractivity contribution in [2.75, 3.05) is 11.9 Å². The third kappa shape index (κ3) is 4.76. The summed E-state index contributed by atoms with van der Waals surface area (Å²) < 4.78 is 5.26. The number of carbonyl (C=O) groups excluding carboxylic acids is 1. The minimum atomic E-state index is -0.529. The number of hydrogen-bond donors (Lipinski definition) is 2. The molecule has 1 saturated carbocycles. The molecule has 0 saturated heterocycles. The lowest BCUT2D eigenvalue weighted by atomic mass is 9.93. The van der Waals surface area contributed by atoms with E-state index >= 15 is 0 Å². The molecule has 0 radical (unpaired) electrons. The lowest BCUT2D eigenvalue weighted by Gasteiger charge is -2.27. The number of anilines is 1. The van der Waals surface area contributed by atoms with Crippen LogP contribution in [0.1, 0.15) is 44.1 Å². The predicted molar refractivity (Wildman–Crippen MR) is 80.7 cm³/mol. The molecule has 0 unspecified atom stereocenters. The van der Waals surface area contributed by atoms with Gasteiger partial charge in [-0.3, -0.25) is 5.32 Å². The van der Waals surface area contributed by atoms with Crippen molar-refractivity contribution in [3.05, 3.63) is 29.8 Å². The van der Waals surface area contributed by atoms with E-state index in [-0.39, 0.29) is 6.61 Å². The Balaban J connectivity index is 1.85. The number of nitrogens with zero attached hydrogens (tertiary/aromatic N) is 1. The van der Waals surface area contributed by atoms with Crippen molar-refractivity contribution < 1.29 is 9.53 Å². The van der Waals surface area contributed by atoms with Gasteiger partial charge in [-0.1, -0.05) is 31.7 Å². The van der Waals surface area contributed by atoms with E-state index < -0.39 is 11.6 Å². The third-order valence-corrected chi connectivity index (χ3v) is 3.83. The first kappa shape index (κ1) is 15.3. The van der Waals surface area contributed by atoms with Crippen molar-refractivity contribution in [3.63, 3.8) is 0 Å². The topological polar surface area (TPSA) is 88.1 Å². The summed E-state index contributed by atoms with van der Waals surface area (Å²) in [5.41, 5.74) is 6.94. The van der Waals surface area contributed by atoms with Gasteiger partial charge in [-0.05, 0) is 31.0 Å². The summed E-state index contributed by atoms with van der Waals surface area (Å²) in [6, 6.07) is 8.73. The van der Waals surface area contributed by atoms with Gasteiger partial charge in [0.2, 0.25) is 0 Å². The zero-order valence-electron chi connectivity index (χ0n) is 12.1. The fourth-order valence-electron chi connectivity index (χ4n) is 2.61. The molecular formula is C16H21N3O2. The van der Waals surface area contributed by atoms with Gasteiger partial charge in [0.1, 0.15) is 6.61 Å². The third-order valence-electron chi connectivity index (χ3n) is 3.83. The van der Waals surface area contributed by atoms with Gasteiger partial charge in [0.25, 0.3) is 0 Å². The van der Waals surface area contributed by atoms with Crippen LogP contribution in [0.5, 0.6) is 0 Å². The van der Waals surface area contributed by atoms with E-state index in [1.807, 2.05) is 6.07 Å². The lowest BCUT2D eigenvalue weighted by molar-refractivity contribution is 0.122. The van der Waals surface area contributed by atoms with Crippen LogP contribution >= 0.6 is 0 Å². The largest absolute Gasteiger partial charge is 0.447 e. The quantitative estimate of drug-likeness (QED) is 0.836. The van der Waals surface area contributed by atoms with Gasteiger partial charge in [-0.25, -0.2) is 4.79 Å². The fraction of sp³-hybridized carbons (Fsp3) is 0.500. The Bertz CT molecular complexity index is 529. The van der Waals surface area contributed by atoms with E-state index in [9.17, 15) is 4.79 Å². The van der Waals surface area contributed by atoms with Gasteiger partial charge in [-0.15, -0.1) is 0 Å². The molecule has 1 fully saturated rings. The first-order valence-corrected chi connectivity index (χ1v) is 7.34. The molecule has 0 atom stereocenters. The van der Waals surface area contributed by atoms with Crippen LogP contribution in [-0.2, 0) is 4.74 Å². The fourth-order valence-corrected chi connectivity index (χ4v) is 2.61. The zero-order valence-corrected chi connectivity index (χ0v) is 12.1. The Morgan fingerprint density at radius 3 is 2.71 bits per heavy atom. The first-order valence-electron chi connectivity index (χ1n) is 7.34. The summed E-state index contributed by atoms with van der Waals surface area (Å²) in [7, 11) is 0. The van der Waals surface area contributed by atoms with Gasteiger partial charge in [-0.2, -0.15) is 5.26 Å². The van der Waals surface area contributed by atoms with Crippen LogP contribution in [0.4, 0.5) is 10.5 Å². The summed E-state index contributed by atoms with van der Waals surface area (Å²) in [5.74, 6) is 0. The Kier molecular flexibility index (Phi) is 5.18. The van der Waals surface area contributed by atoms with Crippen LogP contribution in [0, 0.1) is 11.3 Å². The molecule has 5 heteroatoms. The van der Waals surface area contributed by atoms with Crippen LogP contribution < -0.4 is 11.1 Å². The highest BCUT2D eigenvalue weighted by Crippen LogP contribution is 2.25. The number of benzene rings is 1. The van der Waals surface area contributed by atoms with E-state index in [0.29, 0.717) is 11.3 Å². The number of hydrogen-bond acceptors (Lipinski definition) is 4. The van der Waals surface area contributed by atoms with Gasteiger partial charge >= 0.3 is 6.09 Å². The second-order valence-corrected chi connectivity index (χ2v) is 5.67. The van der Waals surface area contributed by atoms with E-state index in [2.05, 4.69) is 5.32 Å². The van der Waals surface area contributed by atoms with Gasteiger partial charge in [0.05, 0.1) is 17.2 Å². The van der Waals surface area contributed by atoms with E-state index in [1.54, 1.807) is 24.3 Å². The number of ether oxygens (including phenoxy) is 1. The first-order chi connectivity index (χ1) is 10.1. The SMILES string of the molecule is N#Cc1cccc(NC(=O)OCC2(N)CCCCCC2)c1. The molecule has 2 rings (SSSR count). The van der Waals surface area contributed by atoms with E-state index in [1.165, 1.54) is 12.8 Å². The number of rotatable bonds is 3. The molecule has 1 aromatic rings. The zero-order chi connectivity index (χ0) is 15.1. The molecule has 1 aliphatic carbocycles. The van der Waals surface area contributed by atoms with Crippen molar-refractivity contribution in [2.24, 2.45) is 5.73 Å². The Labute approximate surface area is 125 Å². The number of carbonyl (C=O) groups is 1. The predicted octanol–water partition coefficient (Wildman–Crippen LogP) is 3.16. The van der Waals surface area contributed by atoms with Crippen molar-refractivity contribution >= 4 is 11.8 Å². The Morgan fingerprint density at radius 1 is 1.33 bits per heavy atom. The molecule has 5 nitrogen and oxygen atoms in total. The maximum absolute atomic E-state index is 11.8. The van der Waals surface area contributed by atoms with Crippen LogP contribution in [0.25, 0.3) is 0 Å². The van der Waals surface area contributed by atoms with Crippen molar-refractivity contribution in [3.8, 4) is 6.07 Å². The number of nitrogens with one attached hydrogen (secondary N) is 1. The highest BCUT2D eigenvalue weighted by atomic mass is 16.5. The monoisotopic (exact) mass is 287 g/mol. The summed E-state index contributed by atoms with van der Waals surface area (Å²) >= 11 is 0. The molecule has 1 aromatic carbocycles. The number of nitriles is 1. The Hall–Kier alpha value is -2.06. The number of nitrogens with two attached hydrogens (primary N) is 1. The van der Waals surface area contributed by atoms with E-state index in [0.717, 1.165) is 25.7 Å². The molecule has 1 amide bonds. The van der Waals surface area contributed by atoms with Crippen molar-refractivity contribution in [1.82, 2.24) is 0 Å². The normalized spacial score (nSPS) is 17.3. The lowest BCUT2D eigenvalue weighted by Crippen LogP contribution is -2.45. The average molecular weight is 287 g/mol.